The number of aryl methyl sites for hydroxylation is 3. The van der Waals surface area contributed by atoms with Gasteiger partial charge in [0.15, 0.2) is 17.6 Å². The highest BCUT2D eigenvalue weighted by molar-refractivity contribution is 7.29. The Bertz CT molecular complexity index is 1830. The van der Waals surface area contributed by atoms with E-state index in [-0.39, 0.29) is 37.8 Å². The molecule has 0 spiro atoms. The summed E-state index contributed by atoms with van der Waals surface area (Å²) < 4.78 is 5.38. The zero-order valence-electron chi connectivity index (χ0n) is 25.6. The molecule has 2 amide bonds. The summed E-state index contributed by atoms with van der Waals surface area (Å²) in [6.07, 6.45) is 2.88. The van der Waals surface area contributed by atoms with Crippen LogP contribution >= 0.6 is 45.3 Å². The van der Waals surface area contributed by atoms with Gasteiger partial charge in [-0.25, -0.2) is 0 Å². The van der Waals surface area contributed by atoms with Crippen molar-refractivity contribution in [2.45, 2.75) is 20.8 Å². The predicted molar refractivity (Wildman–Crippen MR) is 190 cm³/mol. The average molecular weight is 696 g/mol. The van der Waals surface area contributed by atoms with Crippen LogP contribution in [0.25, 0.3) is 35.3 Å². The van der Waals surface area contributed by atoms with Crippen molar-refractivity contribution in [2.24, 2.45) is 21.6 Å². The lowest BCUT2D eigenvalue weighted by Gasteiger charge is -2.02. The molecule has 4 heterocycles. The van der Waals surface area contributed by atoms with Crippen LogP contribution in [-0.4, -0.2) is 57.3 Å². The van der Waals surface area contributed by atoms with Crippen LogP contribution in [0.4, 0.5) is 0 Å². The maximum absolute atomic E-state index is 12.6. The van der Waals surface area contributed by atoms with Gasteiger partial charge in [0.25, 0.3) is 11.8 Å². The molecule has 4 aromatic rings. The second kappa shape index (κ2) is 16.2. The van der Waals surface area contributed by atoms with Gasteiger partial charge in [0.2, 0.25) is 0 Å². The van der Waals surface area contributed by atoms with Gasteiger partial charge in [-0.3, -0.25) is 14.6 Å². The van der Waals surface area contributed by atoms with Crippen LogP contribution in [0.3, 0.4) is 0 Å². The molecule has 15 heteroatoms. The van der Waals surface area contributed by atoms with Crippen LogP contribution in [0.15, 0.2) is 46.1 Å². The number of hydrogen-bond acceptors (Lipinski definition) is 11. The minimum Gasteiger partial charge on any atom is -0.487 e. The molecule has 240 valence electrons. The van der Waals surface area contributed by atoms with E-state index in [4.69, 9.17) is 21.0 Å². The van der Waals surface area contributed by atoms with Gasteiger partial charge >= 0.3 is 0 Å². The van der Waals surface area contributed by atoms with Gasteiger partial charge < -0.3 is 31.7 Å². The highest BCUT2D eigenvalue weighted by atomic mass is 32.1. The summed E-state index contributed by atoms with van der Waals surface area (Å²) in [7, 11) is 1.68. The number of ether oxygens (including phenoxy) is 1. The largest absolute Gasteiger partial charge is 0.487 e. The molecule has 0 aliphatic carbocycles. The maximum Gasteiger partial charge on any atom is 0.262 e. The number of guanidine groups is 1. The monoisotopic (exact) mass is 695 g/mol. The Morgan fingerprint density at radius 2 is 1.61 bits per heavy atom. The molecule has 46 heavy (non-hydrogen) atoms. The summed E-state index contributed by atoms with van der Waals surface area (Å²) >= 11 is 6.71. The van der Waals surface area contributed by atoms with Gasteiger partial charge in [0, 0.05) is 40.7 Å². The average Bonchev–Trinajstić information content (AvgIpc) is 3.81. The van der Waals surface area contributed by atoms with Crippen LogP contribution in [-0.2, 0) is 14.4 Å². The molecule has 0 aliphatic rings. The highest BCUT2D eigenvalue weighted by Crippen LogP contribution is 2.47. The molecule has 0 saturated heterocycles. The van der Waals surface area contributed by atoms with Crippen LogP contribution in [0.2, 0.25) is 0 Å². The van der Waals surface area contributed by atoms with E-state index < -0.39 is 11.8 Å². The summed E-state index contributed by atoms with van der Waals surface area (Å²) in [4.78, 5) is 40.9. The predicted octanol–water partition coefficient (Wildman–Crippen LogP) is 5.28. The van der Waals surface area contributed by atoms with Crippen molar-refractivity contribution in [1.82, 2.24) is 10.6 Å². The quantitative estimate of drug-likeness (QED) is 0.0346. The van der Waals surface area contributed by atoms with Crippen molar-refractivity contribution in [2.75, 3.05) is 33.4 Å². The number of nitriles is 1. The fourth-order valence-electron chi connectivity index (χ4n) is 4.17. The molecule has 0 bridgehead atoms. The van der Waals surface area contributed by atoms with E-state index in [1.54, 1.807) is 58.5 Å². The van der Waals surface area contributed by atoms with Gasteiger partial charge in [0.05, 0.1) is 26.4 Å². The molecule has 0 atom stereocenters. The fourth-order valence-corrected chi connectivity index (χ4v) is 8.96. The first-order valence-electron chi connectivity index (χ1n) is 13.9. The molecule has 0 saturated carbocycles. The van der Waals surface area contributed by atoms with E-state index in [2.05, 4.69) is 52.8 Å². The molecule has 0 unspecified atom stereocenters. The lowest BCUT2D eigenvalue weighted by molar-refractivity contribution is -0.125. The lowest BCUT2D eigenvalue weighted by Crippen LogP contribution is -2.31. The van der Waals surface area contributed by atoms with Crippen molar-refractivity contribution in [1.29, 1.82) is 5.26 Å². The number of rotatable bonds is 14. The number of methoxy groups -OCH3 is 1. The molecule has 0 aliphatic heterocycles. The summed E-state index contributed by atoms with van der Waals surface area (Å²) in [6.45, 7) is 6.49. The van der Waals surface area contributed by atoms with Gasteiger partial charge in [-0.05, 0) is 73.9 Å². The second-order valence-corrected chi connectivity index (χ2v) is 14.1. The van der Waals surface area contributed by atoms with E-state index in [0.29, 0.717) is 0 Å². The van der Waals surface area contributed by atoms with Crippen LogP contribution in [0.1, 0.15) is 21.6 Å². The first-order chi connectivity index (χ1) is 22.1. The molecule has 6 N–H and O–H groups in total. The number of aliphatic imine (C=N–C) groups is 1. The molecule has 4 aromatic heterocycles. The third kappa shape index (κ3) is 9.04. The third-order valence-corrected chi connectivity index (χ3v) is 11.6. The van der Waals surface area contributed by atoms with Gasteiger partial charge in [-0.1, -0.05) is 16.5 Å². The Balaban J connectivity index is 1.36. The van der Waals surface area contributed by atoms with E-state index in [1.807, 2.05) is 25.1 Å². The Kier molecular flexibility index (Phi) is 12.1. The SMILES string of the molecule is COc1ccc(-c2sc(-c3cc(C)c(-c4sc(/C=C(\C#N)C(=O)NC/C=N/OCC(=O)NCCN=C(N)N)cc4C)s3)cc2C)s1. The molecular formula is C31H33N7O4S4. The van der Waals surface area contributed by atoms with Crippen molar-refractivity contribution >= 4 is 75.4 Å². The van der Waals surface area contributed by atoms with E-state index in [0.717, 1.165) is 20.4 Å². The zero-order valence-corrected chi connectivity index (χ0v) is 28.9. The molecule has 0 radical (unpaired) electrons. The minimum absolute atomic E-state index is 0.0137. The number of oxime groups is 1. The first kappa shape index (κ1) is 34.4. The topological polar surface area (TPSA) is 177 Å². The fraction of sp³-hybridized carbons (Fsp3) is 0.258. The number of amides is 2. The first-order valence-corrected chi connectivity index (χ1v) is 17.2. The normalized spacial score (nSPS) is 11.3. The summed E-state index contributed by atoms with van der Waals surface area (Å²) in [6, 6.07) is 12.5. The van der Waals surface area contributed by atoms with Crippen LogP contribution in [0.5, 0.6) is 5.06 Å². The number of nitrogens with one attached hydrogen (secondary N) is 2. The Morgan fingerprint density at radius 1 is 0.935 bits per heavy atom. The van der Waals surface area contributed by atoms with Crippen molar-refractivity contribution in [3.63, 3.8) is 0 Å². The van der Waals surface area contributed by atoms with Crippen LogP contribution < -0.4 is 26.8 Å². The van der Waals surface area contributed by atoms with E-state index >= 15 is 0 Å². The van der Waals surface area contributed by atoms with Crippen molar-refractivity contribution in [3.8, 4) is 40.4 Å². The molecule has 0 fully saturated rings. The second-order valence-electron chi connectivity index (χ2n) is 9.83. The summed E-state index contributed by atoms with van der Waals surface area (Å²) in [5, 5.41) is 19.4. The summed E-state index contributed by atoms with van der Waals surface area (Å²) in [5.41, 5.74) is 13.9. The number of hydrogen-bond donors (Lipinski definition) is 4. The highest BCUT2D eigenvalue weighted by Gasteiger charge is 2.18. The molecular weight excluding hydrogens is 663 g/mol. The standard InChI is InChI=1S/C31H33N7O4S4/c1-17-11-21(14-20(15-32)30(40)36-9-10-38-42-16-25(39)35-7-8-37-31(33)34)43-28(17)29-19(3)13-24(46-29)23-12-18(2)27(45-23)22-5-6-26(41-4)44-22/h5-6,10-14H,7-9,16H2,1-4H3,(H,35,39)(H,36,40)(H4,33,34,37)/b20-14+,38-10+. The van der Waals surface area contributed by atoms with E-state index in [9.17, 15) is 14.9 Å². The van der Waals surface area contributed by atoms with Gasteiger partial charge in [-0.2, -0.15) is 5.26 Å². The molecule has 11 nitrogen and oxygen atoms in total. The maximum atomic E-state index is 12.6. The Morgan fingerprint density at radius 3 is 2.28 bits per heavy atom. The van der Waals surface area contributed by atoms with Gasteiger partial charge in [0.1, 0.15) is 11.6 Å². The van der Waals surface area contributed by atoms with Gasteiger partial charge in [-0.15, -0.1) is 34.0 Å². The smallest absolute Gasteiger partial charge is 0.262 e. The lowest BCUT2D eigenvalue weighted by atomic mass is 10.1. The number of nitrogens with zero attached hydrogens (tertiary/aromatic N) is 3. The molecule has 0 aromatic carbocycles. The minimum atomic E-state index is -0.541. The number of nitrogens with two attached hydrogens (primary N) is 2. The Hall–Kier alpha value is -4.49. The Labute approximate surface area is 282 Å². The van der Waals surface area contributed by atoms with Crippen molar-refractivity contribution in [3.05, 3.63) is 57.5 Å². The zero-order chi connectivity index (χ0) is 33.2. The van der Waals surface area contributed by atoms with Crippen LogP contribution in [0, 0.1) is 32.1 Å². The number of carbonyl (C=O) groups is 2. The molecule has 4 rings (SSSR count). The number of carbonyl (C=O) groups excluding carboxylic acids is 2. The third-order valence-electron chi connectivity index (χ3n) is 6.31. The van der Waals surface area contributed by atoms with E-state index in [1.165, 1.54) is 41.7 Å². The number of thiophene rings is 4. The summed E-state index contributed by atoms with van der Waals surface area (Å²) in [5.74, 6) is -0.992. The van der Waals surface area contributed by atoms with Crippen molar-refractivity contribution < 1.29 is 19.2 Å².